The van der Waals surface area contributed by atoms with Gasteiger partial charge in [0.25, 0.3) is 0 Å². The summed E-state index contributed by atoms with van der Waals surface area (Å²) < 4.78 is 29.3. The van der Waals surface area contributed by atoms with E-state index in [4.69, 9.17) is 0 Å². The molecule has 1 aromatic heterocycles. The molecule has 1 saturated carbocycles. The molecule has 8 heteroatoms. The van der Waals surface area contributed by atoms with Crippen molar-refractivity contribution in [3.63, 3.8) is 0 Å². The number of aliphatic hydroxyl groups is 2. The van der Waals surface area contributed by atoms with Gasteiger partial charge in [0.2, 0.25) is 10.0 Å². The Hall–Kier alpha value is -1.74. The average molecular weight is 379 g/mol. The van der Waals surface area contributed by atoms with Gasteiger partial charge in [0.05, 0.1) is 19.3 Å². The van der Waals surface area contributed by atoms with Crippen LogP contribution >= 0.6 is 0 Å². The minimum atomic E-state index is -3.88. The van der Waals surface area contributed by atoms with Crippen LogP contribution in [0.5, 0.6) is 0 Å². The molecule has 2 aromatic rings. The highest BCUT2D eigenvalue weighted by atomic mass is 32.2. The standard InChI is InChI=1S/C18H25N3O4S/c22-12-10-20(11-13-23)26(24,25)17-14-21(16-8-4-5-9-16)19-18(17)15-6-2-1-3-7-15/h1-3,6-7,14,16,22-23H,4-5,8-13H2. The fourth-order valence-electron chi connectivity index (χ4n) is 3.43. The van der Waals surface area contributed by atoms with Crippen LogP contribution in [0.4, 0.5) is 0 Å². The predicted molar refractivity (Wildman–Crippen MR) is 98.1 cm³/mol. The van der Waals surface area contributed by atoms with E-state index in [9.17, 15) is 18.6 Å². The molecule has 142 valence electrons. The predicted octanol–water partition coefficient (Wildman–Crippen LogP) is 1.64. The number of hydrogen-bond donors (Lipinski definition) is 2. The summed E-state index contributed by atoms with van der Waals surface area (Å²) in [6.07, 6.45) is 5.83. The van der Waals surface area contributed by atoms with E-state index in [-0.39, 0.29) is 37.2 Å². The molecule has 0 saturated heterocycles. The molecule has 0 spiro atoms. The molecular formula is C18H25N3O4S. The number of nitrogens with zero attached hydrogens (tertiary/aromatic N) is 3. The van der Waals surface area contributed by atoms with Crippen molar-refractivity contribution in [3.8, 4) is 11.3 Å². The lowest BCUT2D eigenvalue weighted by molar-refractivity contribution is 0.217. The van der Waals surface area contributed by atoms with Gasteiger partial charge in [-0.1, -0.05) is 43.2 Å². The van der Waals surface area contributed by atoms with Gasteiger partial charge in [-0.3, -0.25) is 4.68 Å². The fourth-order valence-corrected chi connectivity index (χ4v) is 5.00. The second-order valence-electron chi connectivity index (χ2n) is 6.48. The van der Waals surface area contributed by atoms with E-state index >= 15 is 0 Å². The van der Waals surface area contributed by atoms with Gasteiger partial charge >= 0.3 is 0 Å². The van der Waals surface area contributed by atoms with Crippen molar-refractivity contribution in [1.29, 1.82) is 0 Å². The summed E-state index contributed by atoms with van der Waals surface area (Å²) in [7, 11) is -3.88. The maximum Gasteiger partial charge on any atom is 0.246 e. The molecule has 1 fully saturated rings. The van der Waals surface area contributed by atoms with Crippen LogP contribution < -0.4 is 0 Å². The van der Waals surface area contributed by atoms with Crippen LogP contribution in [0.25, 0.3) is 11.3 Å². The van der Waals surface area contributed by atoms with E-state index in [1.54, 1.807) is 10.9 Å². The summed E-state index contributed by atoms with van der Waals surface area (Å²) in [5, 5.41) is 23.1. The zero-order valence-corrected chi connectivity index (χ0v) is 15.5. The van der Waals surface area contributed by atoms with Gasteiger partial charge in [-0.15, -0.1) is 0 Å². The maximum absolute atomic E-state index is 13.2. The van der Waals surface area contributed by atoms with Crippen molar-refractivity contribution in [2.75, 3.05) is 26.3 Å². The number of hydrogen-bond acceptors (Lipinski definition) is 5. The van der Waals surface area contributed by atoms with Gasteiger partial charge in [0.1, 0.15) is 10.6 Å². The monoisotopic (exact) mass is 379 g/mol. The third-order valence-corrected chi connectivity index (χ3v) is 6.66. The van der Waals surface area contributed by atoms with E-state index in [0.29, 0.717) is 5.69 Å². The number of aromatic nitrogens is 2. The van der Waals surface area contributed by atoms with E-state index in [0.717, 1.165) is 35.6 Å². The Labute approximate surface area is 153 Å². The first-order chi connectivity index (χ1) is 12.6. The SMILES string of the molecule is O=S(=O)(c1cn(C2CCCC2)nc1-c1ccccc1)N(CCO)CCO. The Morgan fingerprint density at radius 1 is 1.08 bits per heavy atom. The average Bonchev–Trinajstić information content (AvgIpc) is 3.32. The largest absolute Gasteiger partial charge is 0.395 e. The summed E-state index contributed by atoms with van der Waals surface area (Å²) in [6.45, 7) is -0.745. The van der Waals surface area contributed by atoms with Gasteiger partial charge in [-0.2, -0.15) is 9.40 Å². The molecule has 2 N–H and O–H groups in total. The van der Waals surface area contributed by atoms with Gasteiger partial charge in [-0.25, -0.2) is 8.42 Å². The highest BCUT2D eigenvalue weighted by Crippen LogP contribution is 2.34. The molecule has 0 atom stereocenters. The molecule has 0 bridgehead atoms. The van der Waals surface area contributed by atoms with Crippen molar-refractivity contribution >= 4 is 10.0 Å². The molecule has 0 radical (unpaired) electrons. The summed E-state index contributed by atoms with van der Waals surface area (Å²) in [5.41, 5.74) is 1.15. The van der Waals surface area contributed by atoms with Gasteiger partial charge in [0.15, 0.2) is 0 Å². The molecule has 1 heterocycles. The second-order valence-corrected chi connectivity index (χ2v) is 8.38. The summed E-state index contributed by atoms with van der Waals surface area (Å²) in [5.74, 6) is 0. The molecule has 0 aliphatic heterocycles. The topological polar surface area (TPSA) is 95.7 Å². The van der Waals surface area contributed by atoms with Crippen molar-refractivity contribution in [2.45, 2.75) is 36.6 Å². The van der Waals surface area contributed by atoms with E-state index in [1.807, 2.05) is 30.3 Å². The summed E-state index contributed by atoms with van der Waals surface area (Å²) in [6, 6.07) is 9.45. The molecule has 26 heavy (non-hydrogen) atoms. The molecule has 1 aliphatic rings. The highest BCUT2D eigenvalue weighted by Gasteiger charge is 2.31. The molecule has 1 aromatic carbocycles. The Morgan fingerprint density at radius 3 is 2.27 bits per heavy atom. The van der Waals surface area contributed by atoms with Gasteiger partial charge in [-0.05, 0) is 12.8 Å². The Kier molecular flexibility index (Phi) is 6.08. The Balaban J connectivity index is 2.08. The third kappa shape index (κ3) is 3.83. The first kappa shape index (κ1) is 19.0. The van der Waals surface area contributed by atoms with Gasteiger partial charge < -0.3 is 10.2 Å². The smallest absolute Gasteiger partial charge is 0.246 e. The van der Waals surface area contributed by atoms with Crippen molar-refractivity contribution in [2.24, 2.45) is 0 Å². The molecule has 7 nitrogen and oxygen atoms in total. The van der Waals surface area contributed by atoms with Crippen LogP contribution in [-0.2, 0) is 10.0 Å². The molecule has 0 amide bonds. The minimum absolute atomic E-state index is 0.0638. The van der Waals surface area contributed by atoms with Crippen LogP contribution in [0, 0.1) is 0 Å². The van der Waals surface area contributed by atoms with Crippen molar-refractivity contribution in [3.05, 3.63) is 36.5 Å². The summed E-state index contributed by atoms with van der Waals surface area (Å²) in [4.78, 5) is 0.123. The van der Waals surface area contributed by atoms with Gasteiger partial charge in [0, 0.05) is 24.8 Å². The zero-order valence-electron chi connectivity index (χ0n) is 14.7. The van der Waals surface area contributed by atoms with Crippen LogP contribution in [0.1, 0.15) is 31.7 Å². The lowest BCUT2D eigenvalue weighted by atomic mass is 10.2. The fraction of sp³-hybridized carbons (Fsp3) is 0.500. The first-order valence-electron chi connectivity index (χ1n) is 8.94. The molecule has 0 unspecified atom stereocenters. The second kappa shape index (κ2) is 8.30. The number of sulfonamides is 1. The third-order valence-electron chi connectivity index (χ3n) is 4.76. The molecular weight excluding hydrogens is 354 g/mol. The molecule has 1 aliphatic carbocycles. The number of rotatable bonds is 8. The molecule has 3 rings (SSSR count). The summed E-state index contributed by atoms with van der Waals surface area (Å²) >= 11 is 0. The minimum Gasteiger partial charge on any atom is -0.395 e. The number of benzene rings is 1. The van der Waals surface area contributed by atoms with E-state index in [2.05, 4.69) is 5.10 Å². The maximum atomic E-state index is 13.2. The van der Waals surface area contributed by atoms with Crippen LogP contribution in [0.15, 0.2) is 41.4 Å². The normalized spacial score (nSPS) is 15.8. The Morgan fingerprint density at radius 2 is 1.69 bits per heavy atom. The van der Waals surface area contributed by atoms with Crippen LogP contribution in [-0.4, -0.2) is 59.0 Å². The van der Waals surface area contributed by atoms with E-state index < -0.39 is 10.0 Å². The lowest BCUT2D eigenvalue weighted by Gasteiger charge is -2.20. The van der Waals surface area contributed by atoms with Crippen LogP contribution in [0.2, 0.25) is 0 Å². The lowest BCUT2D eigenvalue weighted by Crippen LogP contribution is -2.36. The first-order valence-corrected chi connectivity index (χ1v) is 10.4. The zero-order chi connectivity index (χ0) is 18.6. The van der Waals surface area contributed by atoms with Crippen molar-refractivity contribution < 1.29 is 18.6 Å². The quantitative estimate of drug-likeness (QED) is 0.727. The van der Waals surface area contributed by atoms with Crippen LogP contribution in [0.3, 0.4) is 0 Å². The van der Waals surface area contributed by atoms with Crippen molar-refractivity contribution in [1.82, 2.24) is 14.1 Å². The number of aliphatic hydroxyl groups excluding tert-OH is 2. The van der Waals surface area contributed by atoms with E-state index in [1.165, 1.54) is 0 Å². The highest BCUT2D eigenvalue weighted by molar-refractivity contribution is 7.89. The Bertz CT molecular complexity index is 808.